The Morgan fingerprint density at radius 1 is 1.15 bits per heavy atom. The van der Waals surface area contributed by atoms with E-state index in [1.807, 2.05) is 6.07 Å². The highest BCUT2D eigenvalue weighted by Crippen LogP contribution is 2.21. The summed E-state index contributed by atoms with van der Waals surface area (Å²) >= 11 is 0. The normalized spacial score (nSPS) is 13.5. The highest BCUT2D eigenvalue weighted by Gasteiger charge is 2.31. The molecule has 0 saturated heterocycles. The smallest absolute Gasteiger partial charge is 0.277 e. The molecule has 1 aliphatic heterocycles. The van der Waals surface area contributed by atoms with Crippen molar-refractivity contribution in [3.05, 3.63) is 71.7 Å². The van der Waals surface area contributed by atoms with Gasteiger partial charge in [0.1, 0.15) is 5.70 Å². The molecule has 0 bridgehead atoms. The van der Waals surface area contributed by atoms with Crippen molar-refractivity contribution in [2.75, 3.05) is 18.5 Å². The third kappa shape index (κ3) is 4.18. The van der Waals surface area contributed by atoms with E-state index in [9.17, 15) is 14.4 Å². The van der Waals surface area contributed by atoms with E-state index >= 15 is 0 Å². The minimum Gasteiger partial charge on any atom is -0.395 e. The van der Waals surface area contributed by atoms with Crippen molar-refractivity contribution >= 4 is 23.4 Å². The summed E-state index contributed by atoms with van der Waals surface area (Å²) in [6.45, 7) is -0.0794. The fraction of sp³-hybridized carbons (Fsp3) is 0.158. The average Bonchev–Trinajstić information content (AvgIpc) is 2.95. The molecule has 8 heteroatoms. The number of β-amino-alcohol motifs (C(OH)–C–C–N with tert-alkyl or cyclic N) is 1. The van der Waals surface area contributed by atoms with Crippen molar-refractivity contribution < 1.29 is 19.5 Å². The molecule has 0 saturated carbocycles. The molecule has 3 N–H and O–H groups in total. The summed E-state index contributed by atoms with van der Waals surface area (Å²) in [6, 6.07) is 10.3. The molecule has 0 atom stereocenters. The van der Waals surface area contributed by atoms with Crippen LogP contribution in [0.25, 0.3) is 0 Å². The quantitative estimate of drug-likeness (QED) is 0.621. The first-order valence-corrected chi connectivity index (χ1v) is 8.31. The summed E-state index contributed by atoms with van der Waals surface area (Å²) < 4.78 is 0. The van der Waals surface area contributed by atoms with Crippen molar-refractivity contribution in [1.29, 1.82) is 0 Å². The number of aliphatic hydroxyl groups excluding tert-OH is 1. The first-order valence-electron chi connectivity index (χ1n) is 8.31. The Hall–Kier alpha value is -3.52. The van der Waals surface area contributed by atoms with Crippen LogP contribution in [0.15, 0.2) is 60.6 Å². The number of aliphatic hydroxyl groups is 1. The zero-order valence-corrected chi connectivity index (χ0v) is 14.4. The van der Waals surface area contributed by atoms with Gasteiger partial charge in [0.2, 0.25) is 0 Å². The minimum absolute atomic E-state index is 0.0564. The zero-order chi connectivity index (χ0) is 19.2. The molecule has 138 valence electrons. The topological polar surface area (TPSA) is 112 Å². The highest BCUT2D eigenvalue weighted by molar-refractivity contribution is 6.17. The van der Waals surface area contributed by atoms with Crippen LogP contribution >= 0.6 is 0 Å². The number of benzene rings is 1. The second kappa shape index (κ2) is 8.24. The first kappa shape index (κ1) is 18.3. The predicted molar refractivity (Wildman–Crippen MR) is 97.4 cm³/mol. The van der Waals surface area contributed by atoms with Crippen LogP contribution in [0, 0.1) is 0 Å². The second-order valence-electron chi connectivity index (χ2n) is 5.79. The van der Waals surface area contributed by atoms with Gasteiger partial charge in [-0.05, 0) is 23.8 Å². The summed E-state index contributed by atoms with van der Waals surface area (Å²) in [6.07, 6.45) is 4.47. The first-order chi connectivity index (χ1) is 13.1. The van der Waals surface area contributed by atoms with E-state index < -0.39 is 11.8 Å². The van der Waals surface area contributed by atoms with Gasteiger partial charge in [-0.2, -0.15) is 0 Å². The van der Waals surface area contributed by atoms with Gasteiger partial charge in [0.15, 0.2) is 0 Å². The Bertz CT molecular complexity index is 896. The van der Waals surface area contributed by atoms with E-state index in [2.05, 4.69) is 15.6 Å². The Morgan fingerprint density at radius 2 is 1.96 bits per heavy atom. The number of hydrogen-bond acceptors (Lipinski definition) is 6. The number of pyridine rings is 1. The van der Waals surface area contributed by atoms with Crippen molar-refractivity contribution in [2.45, 2.75) is 6.54 Å². The molecule has 8 nitrogen and oxygen atoms in total. The van der Waals surface area contributed by atoms with Gasteiger partial charge in [-0.15, -0.1) is 0 Å². The lowest BCUT2D eigenvalue weighted by Gasteiger charge is -2.15. The van der Waals surface area contributed by atoms with Crippen molar-refractivity contribution in [1.82, 2.24) is 15.2 Å². The van der Waals surface area contributed by atoms with Gasteiger partial charge in [-0.25, -0.2) is 0 Å². The third-order valence-corrected chi connectivity index (χ3v) is 3.95. The van der Waals surface area contributed by atoms with Gasteiger partial charge in [-0.3, -0.25) is 24.3 Å². The van der Waals surface area contributed by atoms with Gasteiger partial charge in [0, 0.05) is 25.0 Å². The monoisotopic (exact) mass is 366 g/mol. The van der Waals surface area contributed by atoms with Gasteiger partial charge >= 0.3 is 0 Å². The number of rotatable bonds is 7. The fourth-order valence-electron chi connectivity index (χ4n) is 2.63. The molecule has 2 heterocycles. The molecule has 3 rings (SSSR count). The molecule has 27 heavy (non-hydrogen) atoms. The summed E-state index contributed by atoms with van der Waals surface area (Å²) in [7, 11) is 0. The van der Waals surface area contributed by atoms with E-state index in [1.165, 1.54) is 0 Å². The average molecular weight is 366 g/mol. The molecule has 3 amide bonds. The second-order valence-corrected chi connectivity index (χ2v) is 5.79. The van der Waals surface area contributed by atoms with E-state index in [4.69, 9.17) is 5.11 Å². The Labute approximate surface area is 155 Å². The molecule has 1 aliphatic rings. The third-order valence-electron chi connectivity index (χ3n) is 3.95. The number of nitrogens with one attached hydrogen (secondary N) is 2. The van der Waals surface area contributed by atoms with Crippen LogP contribution in [0.5, 0.6) is 0 Å². The van der Waals surface area contributed by atoms with Gasteiger partial charge in [-0.1, -0.05) is 18.2 Å². The molecular weight excluding hydrogens is 348 g/mol. The van der Waals surface area contributed by atoms with Crippen LogP contribution in [-0.2, 0) is 16.1 Å². The SMILES string of the molecule is O=C(NCc1cccnc1)c1ccccc1NC1=CC(=O)N(CCO)C1=O. The molecule has 1 aromatic heterocycles. The van der Waals surface area contributed by atoms with Crippen LogP contribution in [-0.4, -0.2) is 45.9 Å². The zero-order valence-electron chi connectivity index (χ0n) is 14.4. The number of hydrogen-bond donors (Lipinski definition) is 3. The van der Waals surface area contributed by atoms with Crippen LogP contribution in [0.4, 0.5) is 5.69 Å². The van der Waals surface area contributed by atoms with Crippen LogP contribution < -0.4 is 10.6 Å². The summed E-state index contributed by atoms with van der Waals surface area (Å²) in [4.78, 5) is 41.6. The van der Waals surface area contributed by atoms with Crippen LogP contribution in [0.1, 0.15) is 15.9 Å². The van der Waals surface area contributed by atoms with E-state index in [-0.39, 0.29) is 24.8 Å². The molecule has 0 aliphatic carbocycles. The molecular formula is C19H18N4O4. The van der Waals surface area contributed by atoms with Crippen LogP contribution in [0.2, 0.25) is 0 Å². The van der Waals surface area contributed by atoms with Gasteiger partial charge in [0.25, 0.3) is 17.7 Å². The maximum Gasteiger partial charge on any atom is 0.277 e. The standard InChI is InChI=1S/C19H18N4O4/c24-9-8-23-17(25)10-16(19(23)27)22-15-6-2-1-5-14(15)18(26)21-12-13-4-3-7-20-11-13/h1-7,10-11,22,24H,8-9,12H2,(H,21,26). The molecule has 0 radical (unpaired) electrons. The van der Waals surface area contributed by atoms with Crippen molar-refractivity contribution in [3.8, 4) is 0 Å². The number of aromatic nitrogens is 1. The lowest BCUT2D eigenvalue weighted by Crippen LogP contribution is -2.34. The number of amides is 3. The maximum absolute atomic E-state index is 12.5. The molecule has 0 spiro atoms. The fourth-order valence-corrected chi connectivity index (χ4v) is 2.63. The van der Waals surface area contributed by atoms with E-state index in [1.54, 1.807) is 42.7 Å². The number of carbonyl (C=O) groups excluding carboxylic acids is 3. The van der Waals surface area contributed by atoms with Crippen LogP contribution in [0.3, 0.4) is 0 Å². The highest BCUT2D eigenvalue weighted by atomic mass is 16.3. The summed E-state index contributed by atoms with van der Waals surface area (Å²) in [5, 5.41) is 14.6. The Morgan fingerprint density at radius 3 is 2.70 bits per heavy atom. The molecule has 1 aromatic carbocycles. The number of para-hydroxylation sites is 1. The largest absolute Gasteiger partial charge is 0.395 e. The summed E-state index contributed by atoms with van der Waals surface area (Å²) in [5.41, 5.74) is 1.65. The minimum atomic E-state index is -0.542. The number of anilines is 1. The molecule has 2 aromatic rings. The lowest BCUT2D eigenvalue weighted by molar-refractivity contribution is -0.137. The van der Waals surface area contributed by atoms with E-state index in [0.29, 0.717) is 17.8 Å². The lowest BCUT2D eigenvalue weighted by atomic mass is 10.1. The molecule has 0 unspecified atom stereocenters. The Balaban J connectivity index is 1.73. The van der Waals surface area contributed by atoms with Gasteiger partial charge in [0.05, 0.1) is 24.4 Å². The van der Waals surface area contributed by atoms with Crippen molar-refractivity contribution in [2.24, 2.45) is 0 Å². The summed E-state index contributed by atoms with van der Waals surface area (Å²) in [5.74, 6) is -1.37. The van der Waals surface area contributed by atoms with Crippen molar-refractivity contribution in [3.63, 3.8) is 0 Å². The predicted octanol–water partition coefficient (Wildman–Crippen LogP) is 0.668. The number of nitrogens with zero attached hydrogens (tertiary/aromatic N) is 2. The Kier molecular flexibility index (Phi) is 5.58. The number of imide groups is 1. The van der Waals surface area contributed by atoms with Gasteiger partial charge < -0.3 is 15.7 Å². The number of carbonyl (C=O) groups is 3. The molecule has 0 fully saturated rings. The van der Waals surface area contributed by atoms with E-state index in [0.717, 1.165) is 16.5 Å². The maximum atomic E-state index is 12.5.